The number of primary amides is 1. The maximum absolute atomic E-state index is 11.6. The summed E-state index contributed by atoms with van der Waals surface area (Å²) in [6, 6.07) is 7.25. The molecule has 0 saturated heterocycles. The standard InChI is InChI=1S/C18H24N6O2/c1-10(2)11(3)21-17-15(16(19)26)9-20-18(24-17)23-14-7-5-6-13(8-14)22-12(4)25/h5-11H,1-4H3,(H2,19,26)(H,22,25)(H2,20,21,23,24). The molecule has 5 N–H and O–H groups in total. The van der Waals surface area contributed by atoms with Crippen LogP contribution in [0.4, 0.5) is 23.1 Å². The minimum atomic E-state index is -0.595. The minimum Gasteiger partial charge on any atom is -0.367 e. The van der Waals surface area contributed by atoms with Crippen molar-refractivity contribution >= 4 is 35.0 Å². The highest BCUT2D eigenvalue weighted by molar-refractivity contribution is 5.97. The van der Waals surface area contributed by atoms with Gasteiger partial charge in [-0.15, -0.1) is 0 Å². The number of benzene rings is 1. The van der Waals surface area contributed by atoms with Crippen molar-refractivity contribution in [2.45, 2.75) is 33.7 Å². The molecule has 1 unspecified atom stereocenters. The van der Waals surface area contributed by atoms with E-state index in [0.29, 0.717) is 29.1 Å². The highest BCUT2D eigenvalue weighted by Gasteiger charge is 2.16. The van der Waals surface area contributed by atoms with E-state index in [1.54, 1.807) is 18.2 Å². The van der Waals surface area contributed by atoms with Crippen molar-refractivity contribution in [2.75, 3.05) is 16.0 Å². The number of nitrogens with zero attached hydrogens (tertiary/aromatic N) is 2. The van der Waals surface area contributed by atoms with E-state index >= 15 is 0 Å². The number of nitrogens with two attached hydrogens (primary N) is 1. The molecule has 8 heteroatoms. The Kier molecular flexibility index (Phi) is 6.11. The number of anilines is 4. The molecule has 1 heterocycles. The summed E-state index contributed by atoms with van der Waals surface area (Å²) in [7, 11) is 0. The molecular formula is C18H24N6O2. The Morgan fingerprint density at radius 1 is 1.15 bits per heavy atom. The van der Waals surface area contributed by atoms with Crippen molar-refractivity contribution in [1.82, 2.24) is 9.97 Å². The van der Waals surface area contributed by atoms with Gasteiger partial charge in [0.1, 0.15) is 5.82 Å². The quantitative estimate of drug-likeness (QED) is 0.605. The lowest BCUT2D eigenvalue weighted by molar-refractivity contribution is -0.114. The lowest BCUT2D eigenvalue weighted by Gasteiger charge is -2.20. The van der Waals surface area contributed by atoms with Gasteiger partial charge in [0.2, 0.25) is 11.9 Å². The Morgan fingerprint density at radius 3 is 2.46 bits per heavy atom. The molecule has 1 atom stereocenters. The van der Waals surface area contributed by atoms with E-state index in [2.05, 4.69) is 39.8 Å². The molecule has 26 heavy (non-hydrogen) atoms. The molecule has 0 saturated carbocycles. The van der Waals surface area contributed by atoms with Gasteiger partial charge in [-0.25, -0.2) is 4.98 Å². The normalized spacial score (nSPS) is 11.7. The minimum absolute atomic E-state index is 0.0962. The van der Waals surface area contributed by atoms with Crippen molar-refractivity contribution in [1.29, 1.82) is 0 Å². The van der Waals surface area contributed by atoms with Gasteiger partial charge in [-0.05, 0) is 31.0 Å². The summed E-state index contributed by atoms with van der Waals surface area (Å²) in [6.45, 7) is 7.58. The Labute approximate surface area is 152 Å². The van der Waals surface area contributed by atoms with Crippen LogP contribution < -0.4 is 21.7 Å². The van der Waals surface area contributed by atoms with Crippen LogP contribution in [0.2, 0.25) is 0 Å². The molecule has 0 bridgehead atoms. The van der Waals surface area contributed by atoms with Gasteiger partial charge >= 0.3 is 0 Å². The SMILES string of the molecule is CC(=O)Nc1cccc(Nc2ncc(C(N)=O)c(NC(C)C(C)C)n2)c1. The molecule has 0 radical (unpaired) electrons. The van der Waals surface area contributed by atoms with E-state index in [1.807, 2.05) is 13.0 Å². The molecule has 0 aliphatic heterocycles. The lowest BCUT2D eigenvalue weighted by Crippen LogP contribution is -2.25. The monoisotopic (exact) mass is 356 g/mol. The number of hydrogen-bond acceptors (Lipinski definition) is 6. The molecule has 0 spiro atoms. The number of aromatic nitrogens is 2. The molecule has 138 valence electrons. The first-order chi connectivity index (χ1) is 12.3. The molecular weight excluding hydrogens is 332 g/mol. The number of carbonyl (C=O) groups excluding carboxylic acids is 2. The van der Waals surface area contributed by atoms with Gasteiger partial charge in [0, 0.05) is 30.5 Å². The van der Waals surface area contributed by atoms with Crippen molar-refractivity contribution < 1.29 is 9.59 Å². The zero-order chi connectivity index (χ0) is 19.3. The van der Waals surface area contributed by atoms with E-state index < -0.39 is 5.91 Å². The van der Waals surface area contributed by atoms with Crippen LogP contribution in [0.3, 0.4) is 0 Å². The third-order valence-electron chi connectivity index (χ3n) is 3.86. The predicted molar refractivity (Wildman–Crippen MR) is 103 cm³/mol. The fourth-order valence-corrected chi connectivity index (χ4v) is 2.12. The average molecular weight is 356 g/mol. The third-order valence-corrected chi connectivity index (χ3v) is 3.86. The van der Waals surface area contributed by atoms with Gasteiger partial charge < -0.3 is 21.7 Å². The second kappa shape index (κ2) is 8.28. The summed E-state index contributed by atoms with van der Waals surface area (Å²) >= 11 is 0. The summed E-state index contributed by atoms with van der Waals surface area (Å²) in [5.74, 6) is 0.292. The van der Waals surface area contributed by atoms with Crippen LogP contribution >= 0.6 is 0 Å². The maximum atomic E-state index is 11.6. The summed E-state index contributed by atoms with van der Waals surface area (Å²) in [4.78, 5) is 31.3. The Bertz CT molecular complexity index is 806. The van der Waals surface area contributed by atoms with Crippen LogP contribution in [0, 0.1) is 5.92 Å². The Hall–Kier alpha value is -3.16. The van der Waals surface area contributed by atoms with E-state index in [0.717, 1.165) is 0 Å². The molecule has 2 amide bonds. The van der Waals surface area contributed by atoms with Crippen LogP contribution in [0.15, 0.2) is 30.5 Å². The molecule has 0 fully saturated rings. The van der Waals surface area contributed by atoms with E-state index in [4.69, 9.17) is 5.73 Å². The molecule has 0 aliphatic carbocycles. The third kappa shape index (κ3) is 5.17. The fourth-order valence-electron chi connectivity index (χ4n) is 2.12. The van der Waals surface area contributed by atoms with Crippen molar-refractivity contribution in [3.05, 3.63) is 36.0 Å². The molecule has 2 aromatic rings. The largest absolute Gasteiger partial charge is 0.367 e. The van der Waals surface area contributed by atoms with Crippen LogP contribution in [0.1, 0.15) is 38.1 Å². The van der Waals surface area contributed by atoms with Crippen LogP contribution in [-0.2, 0) is 4.79 Å². The first kappa shape index (κ1) is 19.2. The number of hydrogen-bond donors (Lipinski definition) is 4. The number of carbonyl (C=O) groups is 2. The highest BCUT2D eigenvalue weighted by Crippen LogP contribution is 2.21. The van der Waals surface area contributed by atoms with Gasteiger partial charge in [-0.1, -0.05) is 19.9 Å². The van der Waals surface area contributed by atoms with Gasteiger partial charge in [-0.3, -0.25) is 9.59 Å². The summed E-state index contributed by atoms with van der Waals surface area (Å²) < 4.78 is 0. The molecule has 0 aliphatic rings. The van der Waals surface area contributed by atoms with E-state index in [9.17, 15) is 9.59 Å². The summed E-state index contributed by atoms with van der Waals surface area (Å²) in [5.41, 5.74) is 7.00. The first-order valence-corrected chi connectivity index (χ1v) is 8.34. The summed E-state index contributed by atoms with van der Waals surface area (Å²) in [5, 5.41) is 8.98. The van der Waals surface area contributed by atoms with Gasteiger partial charge in [0.15, 0.2) is 0 Å². The smallest absolute Gasteiger partial charge is 0.254 e. The average Bonchev–Trinajstić information content (AvgIpc) is 2.54. The van der Waals surface area contributed by atoms with Crippen molar-refractivity contribution in [3.63, 3.8) is 0 Å². The number of rotatable bonds is 7. The highest BCUT2D eigenvalue weighted by atomic mass is 16.1. The van der Waals surface area contributed by atoms with Gasteiger partial charge in [0.05, 0.1) is 5.56 Å². The van der Waals surface area contributed by atoms with Crippen LogP contribution in [0.25, 0.3) is 0 Å². The zero-order valence-electron chi connectivity index (χ0n) is 15.3. The Morgan fingerprint density at radius 2 is 1.85 bits per heavy atom. The Balaban J connectivity index is 2.27. The molecule has 1 aromatic carbocycles. The van der Waals surface area contributed by atoms with Crippen LogP contribution in [-0.4, -0.2) is 27.8 Å². The van der Waals surface area contributed by atoms with Crippen molar-refractivity contribution in [3.8, 4) is 0 Å². The van der Waals surface area contributed by atoms with Gasteiger partial charge in [-0.2, -0.15) is 4.98 Å². The first-order valence-electron chi connectivity index (χ1n) is 8.34. The lowest BCUT2D eigenvalue weighted by atomic mass is 10.1. The second-order valence-electron chi connectivity index (χ2n) is 6.38. The second-order valence-corrected chi connectivity index (χ2v) is 6.38. The van der Waals surface area contributed by atoms with E-state index in [1.165, 1.54) is 13.1 Å². The summed E-state index contributed by atoms with van der Waals surface area (Å²) in [6.07, 6.45) is 1.39. The predicted octanol–water partition coefficient (Wildman–Crippen LogP) is 2.73. The van der Waals surface area contributed by atoms with E-state index in [-0.39, 0.29) is 17.5 Å². The zero-order valence-corrected chi connectivity index (χ0v) is 15.3. The molecule has 8 nitrogen and oxygen atoms in total. The maximum Gasteiger partial charge on any atom is 0.254 e. The molecule has 2 rings (SSSR count). The van der Waals surface area contributed by atoms with Crippen LogP contribution in [0.5, 0.6) is 0 Å². The number of nitrogens with one attached hydrogen (secondary N) is 3. The number of amides is 2. The molecule has 1 aromatic heterocycles. The van der Waals surface area contributed by atoms with Crippen molar-refractivity contribution in [2.24, 2.45) is 11.7 Å². The van der Waals surface area contributed by atoms with Gasteiger partial charge in [0.25, 0.3) is 5.91 Å². The topological polar surface area (TPSA) is 122 Å². The fraction of sp³-hybridized carbons (Fsp3) is 0.333.